The van der Waals surface area contributed by atoms with Crippen LogP contribution in [0.1, 0.15) is 28.1 Å². The van der Waals surface area contributed by atoms with E-state index in [4.69, 9.17) is 14.7 Å². The van der Waals surface area contributed by atoms with Crippen LogP contribution >= 0.6 is 15.9 Å². The summed E-state index contributed by atoms with van der Waals surface area (Å²) in [4.78, 5) is 22.9. The second kappa shape index (κ2) is 10.4. The molecule has 4 aromatic rings. The van der Waals surface area contributed by atoms with Gasteiger partial charge in [0, 0.05) is 10.0 Å². The predicted molar refractivity (Wildman–Crippen MR) is 142 cm³/mol. The minimum Gasteiger partial charge on any atom is -0.497 e. The average Bonchev–Trinajstić information content (AvgIpc) is 2.89. The number of hydrogen-bond donors (Lipinski definition) is 1. The summed E-state index contributed by atoms with van der Waals surface area (Å²) in [6, 6.07) is 24.2. The number of ether oxygens (including phenoxy) is 1. The summed E-state index contributed by atoms with van der Waals surface area (Å²) >= 11 is 3.44. The maximum Gasteiger partial charge on any atom is 0.229 e. The molecule has 1 aliphatic rings. The van der Waals surface area contributed by atoms with E-state index in [0.717, 1.165) is 57.7 Å². The highest BCUT2D eigenvalue weighted by Crippen LogP contribution is 2.35. The van der Waals surface area contributed by atoms with Crippen molar-refractivity contribution in [3.05, 3.63) is 105 Å². The van der Waals surface area contributed by atoms with Gasteiger partial charge in [-0.25, -0.2) is 9.97 Å². The fourth-order valence-corrected chi connectivity index (χ4v) is 4.69. The van der Waals surface area contributed by atoms with E-state index in [2.05, 4.69) is 45.5 Å². The van der Waals surface area contributed by atoms with Crippen molar-refractivity contribution in [2.75, 3.05) is 12.4 Å². The quantitative estimate of drug-likeness (QED) is 0.321. The number of hydrogen-bond acceptors (Lipinski definition) is 4. The van der Waals surface area contributed by atoms with Gasteiger partial charge in [0.2, 0.25) is 5.91 Å². The molecule has 0 atom stereocenters. The van der Waals surface area contributed by atoms with Gasteiger partial charge in [0.05, 0.1) is 30.6 Å². The van der Waals surface area contributed by atoms with Crippen molar-refractivity contribution in [1.29, 1.82) is 0 Å². The summed E-state index contributed by atoms with van der Waals surface area (Å²) in [5.74, 6) is 1.32. The molecule has 0 saturated heterocycles. The smallest absolute Gasteiger partial charge is 0.229 e. The highest BCUT2D eigenvalue weighted by molar-refractivity contribution is 9.10. The first-order valence-electron chi connectivity index (χ1n) is 11.7. The average molecular weight is 528 g/mol. The first kappa shape index (κ1) is 23.2. The number of aryl methyl sites for hydroxylation is 4. The van der Waals surface area contributed by atoms with Crippen molar-refractivity contribution in [1.82, 2.24) is 9.97 Å². The molecular formula is C29H26BrN3O2. The summed E-state index contributed by atoms with van der Waals surface area (Å²) in [6.45, 7) is 0. The van der Waals surface area contributed by atoms with Gasteiger partial charge in [0.25, 0.3) is 0 Å². The zero-order chi connectivity index (χ0) is 24.2. The lowest BCUT2D eigenvalue weighted by Gasteiger charge is -2.21. The summed E-state index contributed by atoms with van der Waals surface area (Å²) in [5, 5.41) is 3.06. The second-order valence-corrected chi connectivity index (χ2v) is 9.59. The molecular weight excluding hydrogens is 502 g/mol. The lowest BCUT2D eigenvalue weighted by atomic mass is 9.91. The minimum absolute atomic E-state index is 0.0940. The van der Waals surface area contributed by atoms with Crippen molar-refractivity contribution >= 4 is 27.7 Å². The standard InChI is InChI=1S/C29H26BrN3O2/c1-35-23-13-14-24-21(18-23)10-16-25-28(24)31-26(15-9-19-5-3-2-4-6-19)29(32-25)33-27(34)17-20-7-11-22(30)12-8-20/h2-8,11-14,18H,9-10,15-17H2,1H3,(H,32,33,34). The molecule has 6 heteroatoms. The molecule has 0 bridgehead atoms. The highest BCUT2D eigenvalue weighted by Gasteiger charge is 2.23. The number of carbonyl (C=O) groups excluding carboxylic acids is 1. The van der Waals surface area contributed by atoms with Gasteiger partial charge < -0.3 is 10.1 Å². The van der Waals surface area contributed by atoms with E-state index in [1.807, 2.05) is 48.5 Å². The lowest BCUT2D eigenvalue weighted by molar-refractivity contribution is -0.115. The van der Waals surface area contributed by atoms with E-state index in [-0.39, 0.29) is 12.3 Å². The second-order valence-electron chi connectivity index (χ2n) is 8.67. The van der Waals surface area contributed by atoms with Crippen LogP contribution in [0.25, 0.3) is 11.3 Å². The van der Waals surface area contributed by atoms with E-state index in [9.17, 15) is 4.79 Å². The third-order valence-electron chi connectivity index (χ3n) is 6.27. The Balaban J connectivity index is 1.46. The third kappa shape index (κ3) is 5.43. The van der Waals surface area contributed by atoms with Crippen LogP contribution in [0.3, 0.4) is 0 Å². The molecule has 1 aromatic heterocycles. The number of halogens is 1. The Kier molecular flexibility index (Phi) is 6.91. The maximum absolute atomic E-state index is 12.9. The van der Waals surface area contributed by atoms with Gasteiger partial charge in [0.15, 0.2) is 5.82 Å². The zero-order valence-electron chi connectivity index (χ0n) is 19.6. The summed E-state index contributed by atoms with van der Waals surface area (Å²) in [6.07, 6.45) is 3.43. The van der Waals surface area contributed by atoms with Crippen molar-refractivity contribution < 1.29 is 9.53 Å². The fraction of sp³-hybridized carbons (Fsp3) is 0.207. The Labute approximate surface area is 213 Å². The van der Waals surface area contributed by atoms with E-state index in [1.54, 1.807) is 7.11 Å². The van der Waals surface area contributed by atoms with Crippen molar-refractivity contribution in [3.63, 3.8) is 0 Å². The molecule has 5 rings (SSSR count). The molecule has 35 heavy (non-hydrogen) atoms. The van der Waals surface area contributed by atoms with Crippen molar-refractivity contribution in [2.45, 2.75) is 32.1 Å². The highest BCUT2D eigenvalue weighted by atomic mass is 79.9. The van der Waals surface area contributed by atoms with Crippen LogP contribution in [0.2, 0.25) is 0 Å². The Bertz CT molecular complexity index is 1350. The number of rotatable bonds is 7. The van der Waals surface area contributed by atoms with Gasteiger partial charge in [-0.1, -0.05) is 58.4 Å². The largest absolute Gasteiger partial charge is 0.497 e. The van der Waals surface area contributed by atoms with Crippen LogP contribution in [0, 0.1) is 0 Å². The number of aromatic nitrogens is 2. The molecule has 0 spiro atoms. The Morgan fingerprint density at radius 2 is 1.74 bits per heavy atom. The summed E-state index contributed by atoms with van der Waals surface area (Å²) in [5.41, 5.74) is 7.11. The Morgan fingerprint density at radius 1 is 0.943 bits per heavy atom. The number of methoxy groups -OCH3 is 1. The molecule has 3 aromatic carbocycles. The number of carbonyl (C=O) groups is 1. The summed E-state index contributed by atoms with van der Waals surface area (Å²) in [7, 11) is 1.68. The van der Waals surface area contributed by atoms with Crippen LogP contribution in [-0.4, -0.2) is 23.0 Å². The number of benzene rings is 3. The van der Waals surface area contributed by atoms with Gasteiger partial charge >= 0.3 is 0 Å². The van der Waals surface area contributed by atoms with Gasteiger partial charge in [-0.15, -0.1) is 0 Å². The van der Waals surface area contributed by atoms with E-state index in [0.29, 0.717) is 12.2 Å². The molecule has 5 nitrogen and oxygen atoms in total. The molecule has 1 amide bonds. The molecule has 1 N–H and O–H groups in total. The molecule has 0 fully saturated rings. The van der Waals surface area contributed by atoms with Crippen LogP contribution in [0.15, 0.2) is 77.3 Å². The minimum atomic E-state index is -0.0940. The molecule has 1 aliphatic carbocycles. The maximum atomic E-state index is 12.9. The number of fused-ring (bicyclic) bond motifs is 3. The molecule has 0 aliphatic heterocycles. The fourth-order valence-electron chi connectivity index (χ4n) is 4.43. The number of nitrogens with zero attached hydrogens (tertiary/aromatic N) is 2. The number of anilines is 1. The van der Waals surface area contributed by atoms with Crippen molar-refractivity contribution in [2.24, 2.45) is 0 Å². The molecule has 176 valence electrons. The predicted octanol–water partition coefficient (Wildman–Crippen LogP) is 5.98. The van der Waals surface area contributed by atoms with E-state index in [1.165, 1.54) is 11.1 Å². The molecule has 0 radical (unpaired) electrons. The normalized spacial score (nSPS) is 11.9. The van der Waals surface area contributed by atoms with Crippen LogP contribution < -0.4 is 10.1 Å². The van der Waals surface area contributed by atoms with Gasteiger partial charge in [-0.05, 0) is 72.7 Å². The Morgan fingerprint density at radius 3 is 2.51 bits per heavy atom. The van der Waals surface area contributed by atoms with Crippen LogP contribution in [-0.2, 0) is 36.9 Å². The van der Waals surface area contributed by atoms with Gasteiger partial charge in [0.1, 0.15) is 5.75 Å². The number of amides is 1. The summed E-state index contributed by atoms with van der Waals surface area (Å²) < 4.78 is 6.40. The first-order chi connectivity index (χ1) is 17.1. The third-order valence-corrected chi connectivity index (χ3v) is 6.80. The number of nitrogens with one attached hydrogen (secondary N) is 1. The van der Waals surface area contributed by atoms with Crippen LogP contribution in [0.5, 0.6) is 5.75 Å². The first-order valence-corrected chi connectivity index (χ1v) is 12.5. The molecule has 1 heterocycles. The molecule has 0 unspecified atom stereocenters. The van der Waals surface area contributed by atoms with Gasteiger partial charge in [-0.2, -0.15) is 0 Å². The van der Waals surface area contributed by atoms with E-state index < -0.39 is 0 Å². The SMILES string of the molecule is COc1ccc2c(c1)CCc1nc(NC(=O)Cc3ccc(Br)cc3)c(CCc3ccccc3)nc1-2. The van der Waals surface area contributed by atoms with Crippen LogP contribution in [0.4, 0.5) is 5.82 Å². The van der Waals surface area contributed by atoms with E-state index >= 15 is 0 Å². The molecule has 0 saturated carbocycles. The zero-order valence-corrected chi connectivity index (χ0v) is 21.1. The monoisotopic (exact) mass is 527 g/mol. The lowest BCUT2D eigenvalue weighted by Crippen LogP contribution is -2.20. The Hall–Kier alpha value is -3.51. The van der Waals surface area contributed by atoms with Gasteiger partial charge in [-0.3, -0.25) is 4.79 Å². The van der Waals surface area contributed by atoms with Crippen molar-refractivity contribution in [3.8, 4) is 17.0 Å². The topological polar surface area (TPSA) is 64.1 Å².